The fourth-order valence-corrected chi connectivity index (χ4v) is 2.90. The summed E-state index contributed by atoms with van der Waals surface area (Å²) in [5, 5.41) is 12.8. The van der Waals surface area contributed by atoms with E-state index in [2.05, 4.69) is 16.3 Å². The second-order valence-corrected chi connectivity index (χ2v) is 4.82. The summed E-state index contributed by atoms with van der Waals surface area (Å²) in [4.78, 5) is 2.37. The summed E-state index contributed by atoms with van der Waals surface area (Å²) in [5.41, 5.74) is -0.211. The van der Waals surface area contributed by atoms with Gasteiger partial charge in [0.05, 0.1) is 12.2 Å². The average Bonchev–Trinajstić information content (AvgIpc) is 2.40. The van der Waals surface area contributed by atoms with Gasteiger partial charge in [-0.15, -0.1) is 0 Å². The second-order valence-electron chi connectivity index (χ2n) is 4.82. The predicted octanol–water partition coefficient (Wildman–Crippen LogP) is 0.743. The van der Waals surface area contributed by atoms with Gasteiger partial charge in [-0.1, -0.05) is 0 Å². The highest BCUT2D eigenvalue weighted by atomic mass is 16.5. The Morgan fingerprint density at radius 3 is 2.44 bits per heavy atom. The Hall–Kier alpha value is -0.630. The molecule has 16 heavy (non-hydrogen) atoms. The molecule has 0 unspecified atom stereocenters. The van der Waals surface area contributed by atoms with Crippen molar-refractivity contribution in [1.29, 1.82) is 5.26 Å². The molecule has 1 aliphatic heterocycles. The molecular formula is C12H21N3O. The number of nitrogens with one attached hydrogen (secondary N) is 1. The van der Waals surface area contributed by atoms with Gasteiger partial charge in [0.15, 0.2) is 0 Å². The Morgan fingerprint density at radius 1 is 1.31 bits per heavy atom. The summed E-state index contributed by atoms with van der Waals surface area (Å²) in [6.07, 6.45) is 4.33. The molecule has 4 nitrogen and oxygen atoms in total. The van der Waals surface area contributed by atoms with Crippen LogP contribution in [0.4, 0.5) is 0 Å². The van der Waals surface area contributed by atoms with Gasteiger partial charge in [0.1, 0.15) is 5.54 Å². The zero-order chi connectivity index (χ0) is 11.4. The van der Waals surface area contributed by atoms with E-state index >= 15 is 0 Å². The van der Waals surface area contributed by atoms with Crippen LogP contribution in [0.1, 0.15) is 25.7 Å². The molecule has 2 fully saturated rings. The maximum Gasteiger partial charge on any atom is 0.109 e. The van der Waals surface area contributed by atoms with Gasteiger partial charge in [-0.2, -0.15) is 5.26 Å². The zero-order valence-corrected chi connectivity index (χ0v) is 10.0. The van der Waals surface area contributed by atoms with Crippen molar-refractivity contribution in [3.8, 4) is 6.07 Å². The summed E-state index contributed by atoms with van der Waals surface area (Å²) in [5.74, 6) is 0. The second kappa shape index (κ2) is 5.13. The number of ether oxygens (including phenoxy) is 1. The Balaban J connectivity index is 2.00. The first-order valence-electron chi connectivity index (χ1n) is 6.20. The summed E-state index contributed by atoms with van der Waals surface area (Å²) >= 11 is 0. The molecule has 2 aliphatic rings. The molecule has 0 aromatic rings. The molecule has 1 saturated carbocycles. The van der Waals surface area contributed by atoms with Crippen LogP contribution in [0.15, 0.2) is 0 Å². The lowest BCUT2D eigenvalue weighted by Crippen LogP contribution is -2.57. The van der Waals surface area contributed by atoms with Crippen molar-refractivity contribution in [1.82, 2.24) is 10.2 Å². The minimum atomic E-state index is -0.211. The van der Waals surface area contributed by atoms with Gasteiger partial charge < -0.3 is 10.1 Å². The van der Waals surface area contributed by atoms with Crippen molar-refractivity contribution in [2.24, 2.45) is 0 Å². The Bertz CT molecular complexity index is 260. The van der Waals surface area contributed by atoms with Gasteiger partial charge in [-0.3, -0.25) is 4.90 Å². The van der Waals surface area contributed by atoms with Crippen LogP contribution >= 0.6 is 0 Å². The number of hydrogen-bond donors (Lipinski definition) is 1. The largest absolute Gasteiger partial charge is 0.381 e. The van der Waals surface area contributed by atoms with Crippen LogP contribution in [0.5, 0.6) is 0 Å². The number of rotatable bonds is 2. The maximum absolute atomic E-state index is 9.50. The van der Waals surface area contributed by atoms with Gasteiger partial charge in [0, 0.05) is 33.3 Å². The first-order chi connectivity index (χ1) is 7.80. The first kappa shape index (κ1) is 11.8. The Kier molecular flexibility index (Phi) is 3.80. The molecule has 0 bridgehead atoms. The number of methoxy groups -OCH3 is 1. The first-order valence-corrected chi connectivity index (χ1v) is 6.20. The molecule has 1 heterocycles. The van der Waals surface area contributed by atoms with Crippen molar-refractivity contribution in [2.45, 2.75) is 37.3 Å². The van der Waals surface area contributed by atoms with Gasteiger partial charge in [-0.25, -0.2) is 0 Å². The molecule has 0 aromatic heterocycles. The van der Waals surface area contributed by atoms with Crippen LogP contribution in [0.2, 0.25) is 0 Å². The SMILES string of the molecule is COC1CCC(C#N)(N2CCNCC2)CC1. The van der Waals surface area contributed by atoms with E-state index in [4.69, 9.17) is 4.74 Å². The van der Waals surface area contributed by atoms with E-state index < -0.39 is 0 Å². The van der Waals surface area contributed by atoms with Crippen LogP contribution in [-0.2, 0) is 4.74 Å². The molecule has 1 N–H and O–H groups in total. The predicted molar refractivity (Wildman–Crippen MR) is 62.1 cm³/mol. The fourth-order valence-electron chi connectivity index (χ4n) is 2.90. The molecule has 0 spiro atoms. The zero-order valence-electron chi connectivity index (χ0n) is 10.0. The van der Waals surface area contributed by atoms with Crippen molar-refractivity contribution in [3.05, 3.63) is 0 Å². The van der Waals surface area contributed by atoms with Gasteiger partial charge in [0.25, 0.3) is 0 Å². The minimum Gasteiger partial charge on any atom is -0.381 e. The lowest BCUT2D eigenvalue weighted by atomic mass is 9.79. The van der Waals surface area contributed by atoms with E-state index in [9.17, 15) is 5.26 Å². The number of hydrogen-bond acceptors (Lipinski definition) is 4. The van der Waals surface area contributed by atoms with Crippen molar-refractivity contribution >= 4 is 0 Å². The smallest absolute Gasteiger partial charge is 0.109 e. The summed E-state index contributed by atoms with van der Waals surface area (Å²) in [7, 11) is 1.77. The third-order valence-corrected chi connectivity index (χ3v) is 4.02. The number of nitriles is 1. The molecular weight excluding hydrogens is 202 g/mol. The highest BCUT2D eigenvalue weighted by molar-refractivity contribution is 5.11. The topological polar surface area (TPSA) is 48.3 Å². The van der Waals surface area contributed by atoms with E-state index in [-0.39, 0.29) is 5.54 Å². The molecule has 0 radical (unpaired) electrons. The van der Waals surface area contributed by atoms with Crippen molar-refractivity contribution < 1.29 is 4.74 Å². The number of nitrogens with zero attached hydrogens (tertiary/aromatic N) is 2. The molecule has 0 amide bonds. The molecule has 4 heteroatoms. The highest BCUT2D eigenvalue weighted by Crippen LogP contribution is 2.34. The highest BCUT2D eigenvalue weighted by Gasteiger charge is 2.40. The van der Waals surface area contributed by atoms with E-state index in [1.165, 1.54) is 0 Å². The Morgan fingerprint density at radius 2 is 1.94 bits per heavy atom. The lowest BCUT2D eigenvalue weighted by Gasteiger charge is -2.44. The fraction of sp³-hybridized carbons (Fsp3) is 0.917. The third-order valence-electron chi connectivity index (χ3n) is 4.02. The van der Waals surface area contributed by atoms with E-state index in [1.54, 1.807) is 7.11 Å². The maximum atomic E-state index is 9.50. The van der Waals surface area contributed by atoms with Gasteiger partial charge >= 0.3 is 0 Å². The van der Waals surface area contributed by atoms with Crippen LogP contribution in [-0.4, -0.2) is 49.8 Å². The molecule has 0 atom stereocenters. The van der Waals surface area contributed by atoms with Crippen LogP contribution in [0.3, 0.4) is 0 Å². The van der Waals surface area contributed by atoms with Gasteiger partial charge in [-0.05, 0) is 25.7 Å². The average molecular weight is 223 g/mol. The molecule has 2 rings (SSSR count). The van der Waals surface area contributed by atoms with E-state index in [1.807, 2.05) is 0 Å². The van der Waals surface area contributed by atoms with E-state index in [0.29, 0.717) is 6.10 Å². The molecule has 1 aliphatic carbocycles. The van der Waals surface area contributed by atoms with Crippen LogP contribution in [0.25, 0.3) is 0 Å². The van der Waals surface area contributed by atoms with E-state index in [0.717, 1.165) is 51.9 Å². The number of piperazine rings is 1. The van der Waals surface area contributed by atoms with Crippen molar-refractivity contribution in [2.75, 3.05) is 33.3 Å². The summed E-state index contributed by atoms with van der Waals surface area (Å²) in [6.45, 7) is 4.03. The van der Waals surface area contributed by atoms with Crippen molar-refractivity contribution in [3.63, 3.8) is 0 Å². The van der Waals surface area contributed by atoms with Crippen LogP contribution < -0.4 is 5.32 Å². The monoisotopic (exact) mass is 223 g/mol. The standard InChI is InChI=1S/C12H21N3O/c1-16-11-2-4-12(10-13,5-3-11)15-8-6-14-7-9-15/h11,14H,2-9H2,1H3. The molecule has 0 aromatic carbocycles. The van der Waals surface area contributed by atoms with Gasteiger partial charge in [0.2, 0.25) is 0 Å². The summed E-state index contributed by atoms with van der Waals surface area (Å²) in [6, 6.07) is 2.57. The summed E-state index contributed by atoms with van der Waals surface area (Å²) < 4.78 is 5.38. The lowest BCUT2D eigenvalue weighted by molar-refractivity contribution is 0.0101. The third kappa shape index (κ3) is 2.22. The normalized spacial score (nSPS) is 36.9. The quantitative estimate of drug-likeness (QED) is 0.750. The van der Waals surface area contributed by atoms with Crippen LogP contribution in [0, 0.1) is 11.3 Å². The molecule has 90 valence electrons. The molecule has 1 saturated heterocycles. The minimum absolute atomic E-state index is 0.211. The Labute approximate surface area is 97.6 Å².